The van der Waals surface area contributed by atoms with Gasteiger partial charge in [-0.1, -0.05) is 28.1 Å². The summed E-state index contributed by atoms with van der Waals surface area (Å²) in [6.07, 6.45) is 2.51. The molecule has 0 heterocycles. The summed E-state index contributed by atoms with van der Waals surface area (Å²) in [4.78, 5) is 10.6. The molecule has 0 aromatic heterocycles. The van der Waals surface area contributed by atoms with Crippen LogP contribution in [0.2, 0.25) is 0 Å². The molecule has 3 nitrogen and oxygen atoms in total. The molecule has 21 heavy (non-hydrogen) atoms. The Labute approximate surface area is 129 Å². The number of ether oxygens (including phenoxy) is 1. The minimum atomic E-state index is -1.03. The summed E-state index contributed by atoms with van der Waals surface area (Å²) in [6, 6.07) is 11.3. The molecule has 108 valence electrons. The lowest BCUT2D eigenvalue weighted by Gasteiger charge is -2.10. The van der Waals surface area contributed by atoms with Crippen molar-refractivity contribution in [3.63, 3.8) is 0 Å². The highest BCUT2D eigenvalue weighted by atomic mass is 79.9. The van der Waals surface area contributed by atoms with Gasteiger partial charge in [-0.25, -0.2) is 9.18 Å². The first kappa shape index (κ1) is 15.3. The van der Waals surface area contributed by atoms with Gasteiger partial charge in [0.15, 0.2) is 0 Å². The third-order valence-electron chi connectivity index (χ3n) is 2.68. The summed E-state index contributed by atoms with van der Waals surface area (Å²) in [5, 5.41) is 8.69. The molecule has 0 saturated carbocycles. The monoisotopic (exact) mass is 350 g/mol. The van der Waals surface area contributed by atoms with E-state index in [1.54, 1.807) is 30.3 Å². The quantitative estimate of drug-likeness (QED) is 0.819. The molecular formula is C16H12BrFO3. The van der Waals surface area contributed by atoms with E-state index in [1.807, 2.05) is 0 Å². The third-order valence-corrected chi connectivity index (χ3v) is 3.18. The van der Waals surface area contributed by atoms with Gasteiger partial charge < -0.3 is 9.84 Å². The first-order valence-electron chi connectivity index (χ1n) is 6.12. The van der Waals surface area contributed by atoms with E-state index in [9.17, 15) is 9.18 Å². The number of hydrogen-bond acceptors (Lipinski definition) is 2. The van der Waals surface area contributed by atoms with E-state index in [2.05, 4.69) is 15.9 Å². The largest absolute Gasteiger partial charge is 0.488 e. The summed E-state index contributed by atoms with van der Waals surface area (Å²) in [5.41, 5.74) is 1.47. The van der Waals surface area contributed by atoms with Crippen molar-refractivity contribution in [1.82, 2.24) is 0 Å². The highest BCUT2D eigenvalue weighted by molar-refractivity contribution is 9.10. The molecule has 0 atom stereocenters. The van der Waals surface area contributed by atoms with Crippen LogP contribution >= 0.6 is 15.9 Å². The number of benzene rings is 2. The second kappa shape index (κ2) is 7.04. The molecule has 0 spiro atoms. The van der Waals surface area contributed by atoms with Crippen molar-refractivity contribution in [1.29, 1.82) is 0 Å². The van der Waals surface area contributed by atoms with Crippen LogP contribution in [-0.2, 0) is 11.4 Å². The van der Waals surface area contributed by atoms with Crippen LogP contribution in [0.25, 0.3) is 6.08 Å². The molecule has 0 saturated heterocycles. The number of carboxylic acid groups (broad SMARTS) is 1. The molecule has 0 aliphatic rings. The standard InChI is InChI=1S/C16H12BrFO3/c17-13-4-7-15(12(9-13)3-8-16(19)20)21-10-11-1-5-14(18)6-2-11/h1-9H,10H2,(H,19,20)/b8-3+. The van der Waals surface area contributed by atoms with Crippen LogP contribution in [0, 0.1) is 5.82 Å². The van der Waals surface area contributed by atoms with E-state index in [0.717, 1.165) is 16.1 Å². The van der Waals surface area contributed by atoms with E-state index in [4.69, 9.17) is 9.84 Å². The fourth-order valence-corrected chi connectivity index (χ4v) is 2.06. The van der Waals surface area contributed by atoms with E-state index in [-0.39, 0.29) is 12.4 Å². The highest BCUT2D eigenvalue weighted by Gasteiger charge is 2.04. The van der Waals surface area contributed by atoms with Crippen LogP contribution in [0.4, 0.5) is 4.39 Å². The molecule has 5 heteroatoms. The summed E-state index contributed by atoms with van der Waals surface area (Å²) in [6.45, 7) is 0.274. The summed E-state index contributed by atoms with van der Waals surface area (Å²) >= 11 is 3.33. The van der Waals surface area contributed by atoms with Crippen molar-refractivity contribution in [2.75, 3.05) is 0 Å². The van der Waals surface area contributed by atoms with Gasteiger partial charge in [-0.2, -0.15) is 0 Å². The van der Waals surface area contributed by atoms with Gasteiger partial charge in [0.1, 0.15) is 18.2 Å². The minimum absolute atomic E-state index is 0.274. The molecule has 0 aliphatic carbocycles. The summed E-state index contributed by atoms with van der Waals surface area (Å²) in [7, 11) is 0. The smallest absolute Gasteiger partial charge is 0.328 e. The lowest BCUT2D eigenvalue weighted by atomic mass is 10.2. The van der Waals surface area contributed by atoms with E-state index in [1.165, 1.54) is 18.2 Å². The van der Waals surface area contributed by atoms with E-state index in [0.29, 0.717) is 11.3 Å². The van der Waals surface area contributed by atoms with Crippen molar-refractivity contribution in [3.8, 4) is 5.75 Å². The molecule has 0 aliphatic heterocycles. The van der Waals surface area contributed by atoms with E-state index >= 15 is 0 Å². The first-order valence-corrected chi connectivity index (χ1v) is 6.92. The molecule has 0 amide bonds. The second-order valence-corrected chi connectivity index (χ2v) is 5.18. The Bertz CT molecular complexity index is 666. The number of carboxylic acids is 1. The van der Waals surface area contributed by atoms with Crippen molar-refractivity contribution < 1.29 is 19.0 Å². The maximum absolute atomic E-state index is 12.8. The second-order valence-electron chi connectivity index (χ2n) is 4.27. The Hall–Kier alpha value is -2.14. The highest BCUT2D eigenvalue weighted by Crippen LogP contribution is 2.25. The van der Waals surface area contributed by atoms with E-state index < -0.39 is 5.97 Å². The molecule has 0 fully saturated rings. The van der Waals surface area contributed by atoms with Gasteiger partial charge in [0, 0.05) is 16.1 Å². The SMILES string of the molecule is O=C(O)/C=C/c1cc(Br)ccc1OCc1ccc(F)cc1. The van der Waals surface area contributed by atoms with Crippen LogP contribution in [-0.4, -0.2) is 11.1 Å². The molecule has 0 unspecified atom stereocenters. The van der Waals surface area contributed by atoms with Gasteiger partial charge in [0.05, 0.1) is 0 Å². The molecule has 2 aromatic rings. The predicted molar refractivity (Wildman–Crippen MR) is 81.5 cm³/mol. The third kappa shape index (κ3) is 4.72. The first-order chi connectivity index (χ1) is 10.0. The molecule has 0 radical (unpaired) electrons. The van der Waals surface area contributed by atoms with Gasteiger partial charge in [-0.3, -0.25) is 0 Å². The maximum atomic E-state index is 12.8. The van der Waals surface area contributed by atoms with Crippen LogP contribution in [0.1, 0.15) is 11.1 Å². The lowest BCUT2D eigenvalue weighted by molar-refractivity contribution is -0.131. The number of halogens is 2. The number of carbonyl (C=O) groups is 1. The predicted octanol–water partition coefficient (Wildman–Crippen LogP) is 4.27. The summed E-state index contributed by atoms with van der Waals surface area (Å²) in [5.74, 6) is -0.771. The Kier molecular flexibility index (Phi) is 5.11. The normalized spacial score (nSPS) is 10.8. The van der Waals surface area contributed by atoms with Crippen molar-refractivity contribution in [2.24, 2.45) is 0 Å². The van der Waals surface area contributed by atoms with Crippen molar-refractivity contribution in [3.05, 3.63) is 70.0 Å². The van der Waals surface area contributed by atoms with Crippen LogP contribution in [0.15, 0.2) is 53.0 Å². The van der Waals surface area contributed by atoms with Gasteiger partial charge in [-0.05, 0) is 42.0 Å². The maximum Gasteiger partial charge on any atom is 0.328 e. The van der Waals surface area contributed by atoms with Gasteiger partial charge in [0.2, 0.25) is 0 Å². The number of rotatable bonds is 5. The average Bonchev–Trinajstić information content (AvgIpc) is 2.45. The Balaban J connectivity index is 2.15. The fraction of sp³-hybridized carbons (Fsp3) is 0.0625. The van der Waals surface area contributed by atoms with Crippen molar-refractivity contribution in [2.45, 2.75) is 6.61 Å². The molecule has 0 bridgehead atoms. The molecular weight excluding hydrogens is 339 g/mol. The molecule has 2 aromatic carbocycles. The van der Waals surface area contributed by atoms with Gasteiger partial charge >= 0.3 is 5.97 Å². The van der Waals surface area contributed by atoms with Gasteiger partial charge in [-0.15, -0.1) is 0 Å². The van der Waals surface area contributed by atoms with Crippen LogP contribution < -0.4 is 4.74 Å². The van der Waals surface area contributed by atoms with Crippen LogP contribution in [0.3, 0.4) is 0 Å². The van der Waals surface area contributed by atoms with Crippen LogP contribution in [0.5, 0.6) is 5.75 Å². The average molecular weight is 351 g/mol. The Morgan fingerprint density at radius 3 is 2.62 bits per heavy atom. The van der Waals surface area contributed by atoms with Crippen molar-refractivity contribution >= 4 is 28.0 Å². The van der Waals surface area contributed by atoms with Gasteiger partial charge in [0.25, 0.3) is 0 Å². The number of hydrogen-bond donors (Lipinski definition) is 1. The summed E-state index contributed by atoms with van der Waals surface area (Å²) < 4.78 is 19.3. The lowest BCUT2D eigenvalue weighted by Crippen LogP contribution is -1.97. The fourth-order valence-electron chi connectivity index (χ4n) is 1.68. The number of aliphatic carboxylic acids is 1. The minimum Gasteiger partial charge on any atom is -0.488 e. The Morgan fingerprint density at radius 1 is 1.24 bits per heavy atom. The zero-order valence-corrected chi connectivity index (χ0v) is 12.5. The molecule has 1 N–H and O–H groups in total. The zero-order chi connectivity index (χ0) is 15.2. The Morgan fingerprint density at radius 2 is 1.95 bits per heavy atom. The molecule has 2 rings (SSSR count). The zero-order valence-electron chi connectivity index (χ0n) is 10.9. The topological polar surface area (TPSA) is 46.5 Å².